The highest BCUT2D eigenvalue weighted by molar-refractivity contribution is 6.00. The smallest absolute Gasteiger partial charge is 0.408 e. The lowest BCUT2D eigenvalue weighted by Crippen LogP contribution is -2.47. The zero-order valence-corrected chi connectivity index (χ0v) is 24.1. The van der Waals surface area contributed by atoms with Crippen LogP contribution in [-0.4, -0.2) is 46.6 Å². The van der Waals surface area contributed by atoms with Crippen molar-refractivity contribution in [2.75, 3.05) is 18.4 Å². The third-order valence-electron chi connectivity index (χ3n) is 6.47. The fraction of sp³-hybridized carbons (Fsp3) is 0.406. The Hall–Kier alpha value is -4.07. The van der Waals surface area contributed by atoms with Crippen molar-refractivity contribution >= 4 is 34.4 Å². The van der Waals surface area contributed by atoms with E-state index in [0.717, 1.165) is 30.0 Å². The number of aryl methyl sites for hydroxylation is 1. The first-order valence-corrected chi connectivity index (χ1v) is 13.8. The number of rotatable bonds is 11. The molecule has 0 saturated carbocycles. The number of alkyl carbamates (subject to hydrolysis) is 1. The fourth-order valence-electron chi connectivity index (χ4n) is 4.47. The van der Waals surface area contributed by atoms with E-state index < -0.39 is 23.6 Å². The summed E-state index contributed by atoms with van der Waals surface area (Å²) in [5.41, 5.74) is 1.05. The molecule has 0 bridgehead atoms. The first kappa shape index (κ1) is 30.5. The van der Waals surface area contributed by atoms with Crippen LogP contribution in [0.25, 0.3) is 10.8 Å². The Balaban J connectivity index is 1.94. The molecule has 1 atom stereocenters. The van der Waals surface area contributed by atoms with E-state index in [4.69, 9.17) is 4.74 Å². The molecule has 3 aromatic rings. The maximum Gasteiger partial charge on any atom is 0.408 e. The molecule has 3 aromatic carbocycles. The van der Waals surface area contributed by atoms with E-state index in [9.17, 15) is 19.5 Å². The van der Waals surface area contributed by atoms with Gasteiger partial charge >= 0.3 is 6.09 Å². The van der Waals surface area contributed by atoms with Crippen LogP contribution < -0.4 is 10.6 Å². The Morgan fingerprint density at radius 2 is 1.68 bits per heavy atom. The molecule has 3 amide bonds. The summed E-state index contributed by atoms with van der Waals surface area (Å²) >= 11 is 0. The van der Waals surface area contributed by atoms with Gasteiger partial charge in [0.05, 0.1) is 0 Å². The van der Waals surface area contributed by atoms with Gasteiger partial charge in [0.25, 0.3) is 5.91 Å². The number of phenolic OH excluding ortho intramolecular Hbond substituents is 1. The van der Waals surface area contributed by atoms with Crippen LogP contribution in [0.1, 0.15) is 70.5 Å². The van der Waals surface area contributed by atoms with E-state index in [1.54, 1.807) is 39.8 Å². The molecule has 1 unspecified atom stereocenters. The van der Waals surface area contributed by atoms with Crippen molar-refractivity contribution in [2.24, 2.45) is 0 Å². The largest absolute Gasteiger partial charge is 0.508 e. The number of benzene rings is 3. The second kappa shape index (κ2) is 13.8. The average molecular weight is 548 g/mol. The number of nitrogens with zero attached hydrogens (tertiary/aromatic N) is 1. The number of anilines is 1. The fourth-order valence-corrected chi connectivity index (χ4v) is 4.47. The molecule has 3 N–H and O–H groups in total. The first-order valence-electron chi connectivity index (χ1n) is 13.8. The summed E-state index contributed by atoms with van der Waals surface area (Å²) in [6, 6.07) is 17.4. The summed E-state index contributed by atoms with van der Waals surface area (Å²) in [4.78, 5) is 41.3. The van der Waals surface area contributed by atoms with Crippen LogP contribution in [0.15, 0.2) is 60.7 Å². The molecular weight excluding hydrogens is 506 g/mol. The van der Waals surface area contributed by atoms with Crippen molar-refractivity contribution in [2.45, 2.75) is 71.9 Å². The van der Waals surface area contributed by atoms with Gasteiger partial charge < -0.3 is 25.4 Å². The van der Waals surface area contributed by atoms with Gasteiger partial charge in [-0.25, -0.2) is 4.79 Å². The zero-order chi connectivity index (χ0) is 29.3. The summed E-state index contributed by atoms with van der Waals surface area (Å²) in [5.74, 6) is -0.696. The summed E-state index contributed by atoms with van der Waals surface area (Å²) in [6.45, 7) is 9.09. The number of hydrogen-bond acceptors (Lipinski definition) is 5. The maximum atomic E-state index is 13.9. The first-order chi connectivity index (χ1) is 19.0. The van der Waals surface area contributed by atoms with Gasteiger partial charge in [0.15, 0.2) is 0 Å². The predicted molar refractivity (Wildman–Crippen MR) is 158 cm³/mol. The van der Waals surface area contributed by atoms with E-state index in [-0.39, 0.29) is 18.2 Å². The minimum atomic E-state index is -0.986. The average Bonchev–Trinajstić information content (AvgIpc) is 2.89. The van der Waals surface area contributed by atoms with Gasteiger partial charge in [-0.1, -0.05) is 62.6 Å². The lowest BCUT2D eigenvalue weighted by molar-refractivity contribution is -0.138. The molecule has 0 saturated heterocycles. The molecule has 0 heterocycles. The molecule has 0 aliphatic rings. The third kappa shape index (κ3) is 8.73. The number of carbonyl (C=O) groups is 3. The normalized spacial score (nSPS) is 12.0. The number of phenols is 1. The molecule has 0 aliphatic heterocycles. The predicted octanol–water partition coefficient (Wildman–Crippen LogP) is 6.47. The second-order valence-electron chi connectivity index (χ2n) is 11.0. The van der Waals surface area contributed by atoms with Crippen molar-refractivity contribution in [1.29, 1.82) is 0 Å². The zero-order valence-electron chi connectivity index (χ0n) is 24.1. The monoisotopic (exact) mass is 547 g/mol. The molecule has 8 nitrogen and oxygen atoms in total. The Bertz CT molecular complexity index is 1330. The quantitative estimate of drug-likeness (QED) is 0.239. The molecule has 3 rings (SSSR count). The Morgan fingerprint density at radius 3 is 2.35 bits per heavy atom. The topological polar surface area (TPSA) is 108 Å². The molecule has 8 heteroatoms. The molecule has 0 spiro atoms. The van der Waals surface area contributed by atoms with Gasteiger partial charge in [0.1, 0.15) is 23.9 Å². The molecule has 0 aromatic heterocycles. The minimum absolute atomic E-state index is 0.102. The van der Waals surface area contributed by atoms with Crippen LogP contribution in [0, 0.1) is 6.92 Å². The van der Waals surface area contributed by atoms with Crippen LogP contribution in [0.4, 0.5) is 10.5 Å². The molecule has 214 valence electrons. The Morgan fingerprint density at radius 1 is 0.950 bits per heavy atom. The van der Waals surface area contributed by atoms with Gasteiger partial charge in [-0.05, 0) is 80.3 Å². The number of nitrogens with one attached hydrogen (secondary N) is 2. The minimum Gasteiger partial charge on any atom is -0.508 e. The van der Waals surface area contributed by atoms with Crippen LogP contribution >= 0.6 is 0 Å². The van der Waals surface area contributed by atoms with Gasteiger partial charge in [0.2, 0.25) is 5.91 Å². The number of aromatic hydroxyl groups is 1. The van der Waals surface area contributed by atoms with Gasteiger partial charge in [0, 0.05) is 12.2 Å². The number of carbonyl (C=O) groups excluding carboxylic acids is 3. The highest BCUT2D eigenvalue weighted by atomic mass is 16.6. The Kier molecular flexibility index (Phi) is 10.5. The highest BCUT2D eigenvalue weighted by Crippen LogP contribution is 2.29. The van der Waals surface area contributed by atoms with Crippen LogP contribution in [0.3, 0.4) is 0 Å². The molecule has 0 radical (unpaired) electrons. The highest BCUT2D eigenvalue weighted by Gasteiger charge is 2.32. The standard InChI is InChI=1S/C32H41N3O5/c1-6-7-8-11-18-35(28(37)21-33-31(39)40-32(3,4)5)29(25-15-17-27(36)22(2)19-25)30(38)34-26-16-14-23-12-9-10-13-24(23)20-26/h9-10,12-17,19-20,29,36H,6-8,11,18,21H2,1-5H3,(H,33,39)(H,34,38). The van der Waals surface area contributed by atoms with Gasteiger partial charge in [-0.2, -0.15) is 0 Å². The second-order valence-corrected chi connectivity index (χ2v) is 11.0. The van der Waals surface area contributed by atoms with Crippen LogP contribution in [-0.2, 0) is 14.3 Å². The van der Waals surface area contributed by atoms with Gasteiger partial charge in [-0.3, -0.25) is 9.59 Å². The summed E-state index contributed by atoms with van der Waals surface area (Å²) in [5, 5.41) is 17.7. The Labute approximate surface area is 236 Å². The van der Waals surface area contributed by atoms with E-state index in [1.165, 1.54) is 11.0 Å². The molecule has 40 heavy (non-hydrogen) atoms. The summed E-state index contributed by atoms with van der Waals surface area (Å²) in [7, 11) is 0. The van der Waals surface area contributed by atoms with Crippen molar-refractivity contribution in [3.63, 3.8) is 0 Å². The van der Waals surface area contributed by atoms with E-state index in [1.807, 2.05) is 42.5 Å². The molecule has 0 fully saturated rings. The molecule has 0 aliphatic carbocycles. The van der Waals surface area contributed by atoms with E-state index in [0.29, 0.717) is 29.8 Å². The number of fused-ring (bicyclic) bond motifs is 1. The lowest BCUT2D eigenvalue weighted by atomic mass is 10.00. The maximum absolute atomic E-state index is 13.9. The van der Waals surface area contributed by atoms with Gasteiger partial charge in [-0.15, -0.1) is 0 Å². The third-order valence-corrected chi connectivity index (χ3v) is 6.47. The van der Waals surface area contributed by atoms with Crippen LogP contribution in [0.2, 0.25) is 0 Å². The van der Waals surface area contributed by atoms with Crippen molar-refractivity contribution in [1.82, 2.24) is 10.2 Å². The number of unbranched alkanes of at least 4 members (excludes halogenated alkanes) is 3. The van der Waals surface area contributed by atoms with Crippen molar-refractivity contribution in [3.05, 3.63) is 71.8 Å². The number of ether oxygens (including phenoxy) is 1. The van der Waals surface area contributed by atoms with Crippen LogP contribution in [0.5, 0.6) is 5.75 Å². The van der Waals surface area contributed by atoms with E-state index >= 15 is 0 Å². The van der Waals surface area contributed by atoms with Crippen molar-refractivity contribution in [3.8, 4) is 5.75 Å². The SMILES string of the molecule is CCCCCCN(C(=O)CNC(=O)OC(C)(C)C)C(C(=O)Nc1ccc2ccccc2c1)c1ccc(O)c(C)c1. The lowest BCUT2D eigenvalue weighted by Gasteiger charge is -2.32. The summed E-state index contributed by atoms with van der Waals surface area (Å²) < 4.78 is 5.29. The number of amides is 3. The van der Waals surface area contributed by atoms with E-state index in [2.05, 4.69) is 17.6 Å². The summed E-state index contributed by atoms with van der Waals surface area (Å²) in [6.07, 6.45) is 2.92. The molecular formula is C32H41N3O5. The van der Waals surface area contributed by atoms with Crippen molar-refractivity contribution < 1.29 is 24.2 Å². The number of hydrogen-bond donors (Lipinski definition) is 3.